The number of benzene rings is 1. The van der Waals surface area contributed by atoms with E-state index in [1.807, 2.05) is 24.3 Å². The van der Waals surface area contributed by atoms with Crippen LogP contribution in [0.2, 0.25) is 0 Å². The van der Waals surface area contributed by atoms with Gasteiger partial charge in [-0.3, -0.25) is 0 Å². The highest BCUT2D eigenvalue weighted by Gasteiger charge is 2.39. The van der Waals surface area contributed by atoms with E-state index in [9.17, 15) is 0 Å². The maximum absolute atomic E-state index is 8.70. The number of ether oxygens (including phenoxy) is 2. The van der Waals surface area contributed by atoms with Gasteiger partial charge in [0.2, 0.25) is 0 Å². The van der Waals surface area contributed by atoms with Crippen LogP contribution < -0.4 is 4.74 Å². The van der Waals surface area contributed by atoms with Gasteiger partial charge in [-0.15, -0.1) is 0 Å². The average molecular weight is 285 g/mol. The zero-order valence-corrected chi connectivity index (χ0v) is 12.5. The molecule has 0 aromatic heterocycles. The third-order valence-electron chi connectivity index (χ3n) is 4.72. The second kappa shape index (κ2) is 6.49. The Hall–Kier alpha value is -1.53. The maximum Gasteiger partial charge on any atom is 0.119 e. The lowest BCUT2D eigenvalue weighted by Gasteiger charge is -2.43. The highest BCUT2D eigenvalue weighted by molar-refractivity contribution is 5.29. The van der Waals surface area contributed by atoms with Crippen molar-refractivity contribution in [1.82, 2.24) is 0 Å². The van der Waals surface area contributed by atoms with Gasteiger partial charge in [0.05, 0.1) is 24.7 Å². The van der Waals surface area contributed by atoms with Crippen LogP contribution in [0.3, 0.4) is 0 Å². The summed E-state index contributed by atoms with van der Waals surface area (Å²) in [5.41, 5.74) is 1.13. The summed E-state index contributed by atoms with van der Waals surface area (Å²) in [6, 6.07) is 10.1. The Morgan fingerprint density at radius 3 is 2.67 bits per heavy atom. The molecule has 112 valence electrons. The molecular formula is C18H23NO2. The highest BCUT2D eigenvalue weighted by atomic mass is 16.5. The molecular weight excluding hydrogens is 262 g/mol. The summed E-state index contributed by atoms with van der Waals surface area (Å²) in [4.78, 5) is 0. The van der Waals surface area contributed by atoms with E-state index in [0.717, 1.165) is 30.8 Å². The van der Waals surface area contributed by atoms with E-state index < -0.39 is 0 Å². The molecule has 1 saturated heterocycles. The summed E-state index contributed by atoms with van der Waals surface area (Å²) in [5, 5.41) is 8.70. The molecule has 0 radical (unpaired) electrons. The van der Waals surface area contributed by atoms with Gasteiger partial charge in [0.1, 0.15) is 11.9 Å². The van der Waals surface area contributed by atoms with Crippen molar-refractivity contribution in [2.45, 2.75) is 63.1 Å². The Morgan fingerprint density at radius 1 is 1.19 bits per heavy atom. The maximum atomic E-state index is 8.70. The van der Waals surface area contributed by atoms with Crippen molar-refractivity contribution in [3.63, 3.8) is 0 Å². The van der Waals surface area contributed by atoms with Crippen LogP contribution in [0.25, 0.3) is 0 Å². The van der Waals surface area contributed by atoms with E-state index in [1.165, 1.54) is 32.1 Å². The molecule has 0 bridgehead atoms. The SMILES string of the molecule is N#CCc1ccc(OC2CCOC3(CCCCC3)C2)cc1. The largest absolute Gasteiger partial charge is 0.490 e. The summed E-state index contributed by atoms with van der Waals surface area (Å²) in [6.07, 6.45) is 9.01. The minimum Gasteiger partial charge on any atom is -0.490 e. The van der Waals surface area contributed by atoms with Crippen LogP contribution in [0.1, 0.15) is 50.5 Å². The molecule has 1 aromatic carbocycles. The highest BCUT2D eigenvalue weighted by Crippen LogP contribution is 2.39. The van der Waals surface area contributed by atoms with Gasteiger partial charge < -0.3 is 9.47 Å². The van der Waals surface area contributed by atoms with Crippen LogP contribution >= 0.6 is 0 Å². The van der Waals surface area contributed by atoms with Crippen molar-refractivity contribution in [2.24, 2.45) is 0 Å². The van der Waals surface area contributed by atoms with Gasteiger partial charge in [0.15, 0.2) is 0 Å². The monoisotopic (exact) mass is 285 g/mol. The van der Waals surface area contributed by atoms with Crippen LogP contribution in [0.5, 0.6) is 5.75 Å². The molecule has 3 nitrogen and oxygen atoms in total. The van der Waals surface area contributed by atoms with Gasteiger partial charge in [0, 0.05) is 12.8 Å². The first kappa shape index (κ1) is 14.4. The first-order valence-electron chi connectivity index (χ1n) is 8.06. The van der Waals surface area contributed by atoms with Crippen LogP contribution in [0.4, 0.5) is 0 Å². The molecule has 1 aliphatic carbocycles. The van der Waals surface area contributed by atoms with Crippen molar-refractivity contribution >= 4 is 0 Å². The van der Waals surface area contributed by atoms with Gasteiger partial charge >= 0.3 is 0 Å². The van der Waals surface area contributed by atoms with Crippen molar-refractivity contribution < 1.29 is 9.47 Å². The second-order valence-electron chi connectivity index (χ2n) is 6.30. The predicted octanol–water partition coefficient (Wildman–Crippen LogP) is 4.01. The Kier molecular flexibility index (Phi) is 4.45. The van der Waals surface area contributed by atoms with Gasteiger partial charge in [-0.25, -0.2) is 0 Å². The van der Waals surface area contributed by atoms with E-state index in [4.69, 9.17) is 14.7 Å². The number of nitriles is 1. The lowest BCUT2D eigenvalue weighted by molar-refractivity contribution is -0.129. The first-order chi connectivity index (χ1) is 10.3. The minimum absolute atomic E-state index is 0.0852. The molecule has 1 aliphatic heterocycles. The number of hydrogen-bond acceptors (Lipinski definition) is 3. The lowest BCUT2D eigenvalue weighted by atomic mass is 9.79. The smallest absolute Gasteiger partial charge is 0.119 e. The second-order valence-corrected chi connectivity index (χ2v) is 6.30. The normalized spacial score (nSPS) is 24.4. The van der Waals surface area contributed by atoms with Gasteiger partial charge in [0.25, 0.3) is 0 Å². The third-order valence-corrected chi connectivity index (χ3v) is 4.72. The van der Waals surface area contributed by atoms with E-state index >= 15 is 0 Å². The summed E-state index contributed by atoms with van der Waals surface area (Å²) in [6.45, 7) is 0.817. The molecule has 3 rings (SSSR count). The zero-order valence-electron chi connectivity index (χ0n) is 12.5. The Balaban J connectivity index is 1.60. The van der Waals surface area contributed by atoms with Gasteiger partial charge in [-0.1, -0.05) is 31.4 Å². The zero-order chi connectivity index (χ0) is 14.5. The number of hydrogen-bond donors (Lipinski definition) is 0. The lowest BCUT2D eigenvalue weighted by Crippen LogP contribution is -2.45. The predicted molar refractivity (Wildman–Crippen MR) is 81.2 cm³/mol. The van der Waals surface area contributed by atoms with Crippen LogP contribution in [-0.4, -0.2) is 18.3 Å². The van der Waals surface area contributed by atoms with E-state index in [0.29, 0.717) is 6.42 Å². The Labute approximate surface area is 126 Å². The molecule has 1 heterocycles. The van der Waals surface area contributed by atoms with E-state index in [1.54, 1.807) is 0 Å². The summed E-state index contributed by atoms with van der Waals surface area (Å²) < 4.78 is 12.3. The van der Waals surface area contributed by atoms with Crippen LogP contribution in [-0.2, 0) is 11.2 Å². The summed E-state index contributed by atoms with van der Waals surface area (Å²) >= 11 is 0. The van der Waals surface area contributed by atoms with Crippen molar-refractivity contribution in [3.05, 3.63) is 29.8 Å². The fourth-order valence-corrected chi connectivity index (χ4v) is 3.60. The number of nitrogens with zero attached hydrogens (tertiary/aromatic N) is 1. The molecule has 21 heavy (non-hydrogen) atoms. The topological polar surface area (TPSA) is 42.2 Å². The Morgan fingerprint density at radius 2 is 1.95 bits per heavy atom. The summed E-state index contributed by atoms with van der Waals surface area (Å²) in [5.74, 6) is 0.912. The minimum atomic E-state index is 0.0852. The summed E-state index contributed by atoms with van der Waals surface area (Å²) in [7, 11) is 0. The van der Waals surface area contributed by atoms with Crippen molar-refractivity contribution in [1.29, 1.82) is 5.26 Å². The molecule has 0 amide bonds. The van der Waals surface area contributed by atoms with Crippen molar-refractivity contribution in [2.75, 3.05) is 6.61 Å². The molecule has 0 N–H and O–H groups in total. The molecule has 3 heteroatoms. The fourth-order valence-electron chi connectivity index (χ4n) is 3.60. The van der Waals surface area contributed by atoms with Crippen LogP contribution in [0.15, 0.2) is 24.3 Å². The fraction of sp³-hybridized carbons (Fsp3) is 0.611. The van der Waals surface area contributed by atoms with Gasteiger partial charge in [-0.05, 0) is 30.5 Å². The average Bonchev–Trinajstić information content (AvgIpc) is 2.50. The molecule has 1 aromatic rings. The molecule has 2 fully saturated rings. The third kappa shape index (κ3) is 3.57. The Bertz CT molecular complexity index is 491. The molecule has 2 aliphatic rings. The molecule has 1 atom stereocenters. The molecule has 1 saturated carbocycles. The molecule has 1 spiro atoms. The van der Waals surface area contributed by atoms with E-state index in [-0.39, 0.29) is 11.7 Å². The van der Waals surface area contributed by atoms with Crippen molar-refractivity contribution in [3.8, 4) is 11.8 Å². The first-order valence-corrected chi connectivity index (χ1v) is 8.06. The standard InChI is InChI=1S/C18H23NO2/c19-12-8-15-4-6-16(7-5-15)21-17-9-13-20-18(14-17)10-2-1-3-11-18/h4-7,17H,1-3,8-11,13-14H2. The van der Waals surface area contributed by atoms with Gasteiger partial charge in [-0.2, -0.15) is 5.26 Å². The van der Waals surface area contributed by atoms with Crippen LogP contribution in [0, 0.1) is 11.3 Å². The number of rotatable bonds is 3. The molecule has 1 unspecified atom stereocenters. The van der Waals surface area contributed by atoms with E-state index in [2.05, 4.69) is 6.07 Å². The quantitative estimate of drug-likeness (QED) is 0.842.